The summed E-state index contributed by atoms with van der Waals surface area (Å²) in [5.74, 6) is -4.97. The Kier molecular flexibility index (Phi) is 5.24. The van der Waals surface area contributed by atoms with Gasteiger partial charge in [0, 0.05) is 55.7 Å². The van der Waals surface area contributed by atoms with Gasteiger partial charge in [-0.1, -0.05) is 5.16 Å². The standard InChI is InChI=1S/C23H21F3N4O5/c1-22(34)2-3-23(4-5-28-35-23)19-11-30(22)21(33)17-8-18(31)14(10-29(17)19)20(32)27-9-13-15(25)6-12(24)7-16(13)26/h5-8,10,19,34H,2-4,9,11H2,1H3,(H,27,32). The van der Waals surface area contributed by atoms with Crippen LogP contribution in [0.3, 0.4) is 0 Å². The van der Waals surface area contributed by atoms with Gasteiger partial charge in [0.25, 0.3) is 11.8 Å². The number of benzene rings is 1. The summed E-state index contributed by atoms with van der Waals surface area (Å²) in [6.45, 7) is 0.941. The summed E-state index contributed by atoms with van der Waals surface area (Å²) in [5, 5.41) is 17.1. The molecule has 1 spiro atoms. The van der Waals surface area contributed by atoms with E-state index in [4.69, 9.17) is 4.84 Å². The normalized spacial score (nSPS) is 26.9. The summed E-state index contributed by atoms with van der Waals surface area (Å²) in [5.41, 5.74) is -4.13. The van der Waals surface area contributed by atoms with E-state index in [1.54, 1.807) is 6.21 Å². The van der Waals surface area contributed by atoms with E-state index in [2.05, 4.69) is 10.5 Å². The zero-order chi connectivity index (χ0) is 25.1. The second kappa shape index (κ2) is 7.94. The van der Waals surface area contributed by atoms with Crippen LogP contribution in [0.1, 0.15) is 58.6 Å². The van der Waals surface area contributed by atoms with Crippen LogP contribution in [0.15, 0.2) is 34.3 Å². The Hall–Kier alpha value is -3.67. The fraction of sp³-hybridized carbons (Fsp3) is 0.391. The van der Waals surface area contributed by atoms with Gasteiger partial charge in [0.05, 0.1) is 6.04 Å². The number of nitrogens with one attached hydrogen (secondary N) is 1. The van der Waals surface area contributed by atoms with Gasteiger partial charge in [0.1, 0.15) is 34.4 Å². The Morgan fingerprint density at radius 3 is 2.60 bits per heavy atom. The van der Waals surface area contributed by atoms with Gasteiger partial charge in [-0.05, 0) is 19.8 Å². The molecular weight excluding hydrogens is 469 g/mol. The molecule has 0 saturated carbocycles. The molecule has 0 aliphatic carbocycles. The van der Waals surface area contributed by atoms with Gasteiger partial charge in [-0.3, -0.25) is 14.4 Å². The maximum Gasteiger partial charge on any atom is 0.272 e. The van der Waals surface area contributed by atoms with E-state index in [0.29, 0.717) is 25.0 Å². The molecule has 12 heteroatoms. The lowest BCUT2D eigenvalue weighted by molar-refractivity contribution is -0.0800. The Balaban J connectivity index is 1.52. The Bertz CT molecular complexity index is 1310. The number of rotatable bonds is 3. The van der Waals surface area contributed by atoms with Gasteiger partial charge in [-0.15, -0.1) is 0 Å². The second-order valence-corrected chi connectivity index (χ2v) is 9.17. The second-order valence-electron chi connectivity index (χ2n) is 9.17. The van der Waals surface area contributed by atoms with Gasteiger partial charge in [-0.2, -0.15) is 0 Å². The number of hydrogen-bond acceptors (Lipinski definition) is 6. The molecule has 1 aromatic carbocycles. The molecule has 184 valence electrons. The molecule has 3 atom stereocenters. The number of aliphatic hydroxyl groups is 1. The lowest BCUT2D eigenvalue weighted by Crippen LogP contribution is -2.56. The molecule has 0 radical (unpaired) electrons. The minimum Gasteiger partial charge on any atom is -0.387 e. The van der Waals surface area contributed by atoms with Crippen LogP contribution in [-0.4, -0.2) is 50.5 Å². The highest BCUT2D eigenvalue weighted by atomic mass is 19.1. The molecule has 3 aliphatic rings. The van der Waals surface area contributed by atoms with Crippen molar-refractivity contribution < 1.29 is 32.7 Å². The van der Waals surface area contributed by atoms with Crippen LogP contribution >= 0.6 is 0 Å². The molecule has 4 heterocycles. The predicted octanol–water partition coefficient (Wildman–Crippen LogP) is 1.84. The minimum atomic E-state index is -1.48. The largest absolute Gasteiger partial charge is 0.387 e. The predicted molar refractivity (Wildman–Crippen MR) is 115 cm³/mol. The molecule has 3 unspecified atom stereocenters. The average molecular weight is 490 g/mol. The minimum absolute atomic E-state index is 0.0320. The summed E-state index contributed by atoms with van der Waals surface area (Å²) >= 11 is 0. The van der Waals surface area contributed by atoms with E-state index in [1.165, 1.54) is 22.6 Å². The molecule has 1 aromatic heterocycles. The van der Waals surface area contributed by atoms with E-state index in [-0.39, 0.29) is 24.2 Å². The lowest BCUT2D eigenvalue weighted by Gasteiger charge is -2.43. The van der Waals surface area contributed by atoms with Crippen molar-refractivity contribution in [1.82, 2.24) is 14.8 Å². The first-order valence-electron chi connectivity index (χ1n) is 10.9. The molecule has 2 N–H and O–H groups in total. The van der Waals surface area contributed by atoms with E-state index < -0.39 is 64.2 Å². The molecule has 2 amide bonds. The summed E-state index contributed by atoms with van der Waals surface area (Å²) in [6.07, 6.45) is 3.76. The zero-order valence-electron chi connectivity index (χ0n) is 18.6. The van der Waals surface area contributed by atoms with Gasteiger partial charge in [0.15, 0.2) is 11.0 Å². The van der Waals surface area contributed by atoms with Crippen molar-refractivity contribution in [2.75, 3.05) is 6.54 Å². The monoisotopic (exact) mass is 490 g/mol. The SMILES string of the molecule is CC1(O)CCC2(CC=NO2)C2CN1C(=O)c1cc(=O)c(C(=O)NCc3c(F)cc(F)cc3F)cn12. The topological polar surface area (TPSA) is 113 Å². The molecule has 35 heavy (non-hydrogen) atoms. The summed E-state index contributed by atoms with van der Waals surface area (Å²) < 4.78 is 42.5. The first-order valence-corrected chi connectivity index (χ1v) is 10.9. The van der Waals surface area contributed by atoms with Crippen molar-refractivity contribution in [3.8, 4) is 0 Å². The number of halogens is 3. The molecule has 2 bridgehead atoms. The number of aromatic nitrogens is 1. The Morgan fingerprint density at radius 1 is 1.23 bits per heavy atom. The molecule has 2 aromatic rings. The van der Waals surface area contributed by atoms with Crippen molar-refractivity contribution in [3.05, 3.63) is 68.9 Å². The van der Waals surface area contributed by atoms with Crippen molar-refractivity contribution in [1.29, 1.82) is 0 Å². The number of nitrogens with zero attached hydrogens (tertiary/aromatic N) is 3. The quantitative estimate of drug-likeness (QED) is 0.682. The highest BCUT2D eigenvalue weighted by Gasteiger charge is 2.55. The zero-order valence-corrected chi connectivity index (χ0v) is 18.6. The lowest BCUT2D eigenvalue weighted by atomic mass is 9.85. The van der Waals surface area contributed by atoms with Crippen molar-refractivity contribution in [2.45, 2.75) is 50.1 Å². The highest BCUT2D eigenvalue weighted by Crippen LogP contribution is 2.46. The van der Waals surface area contributed by atoms with E-state index in [1.807, 2.05) is 0 Å². The van der Waals surface area contributed by atoms with E-state index in [0.717, 1.165) is 6.07 Å². The molecule has 3 aliphatic heterocycles. The first-order chi connectivity index (χ1) is 16.5. The third-order valence-electron chi connectivity index (χ3n) is 6.97. The van der Waals surface area contributed by atoms with Gasteiger partial charge >= 0.3 is 0 Å². The third kappa shape index (κ3) is 3.68. The third-order valence-corrected chi connectivity index (χ3v) is 6.97. The summed E-state index contributed by atoms with van der Waals surface area (Å²) in [7, 11) is 0. The van der Waals surface area contributed by atoms with Crippen molar-refractivity contribution >= 4 is 18.0 Å². The number of carbonyl (C=O) groups is 2. The summed E-state index contributed by atoms with van der Waals surface area (Å²) in [6, 6.07) is 1.39. The van der Waals surface area contributed by atoms with Crippen LogP contribution in [0.25, 0.3) is 0 Å². The van der Waals surface area contributed by atoms with Crippen molar-refractivity contribution in [3.63, 3.8) is 0 Å². The highest BCUT2D eigenvalue weighted by molar-refractivity contribution is 5.97. The molecular formula is C23H21F3N4O5. The Labute approximate surface area is 196 Å². The Morgan fingerprint density at radius 2 is 1.94 bits per heavy atom. The first kappa shape index (κ1) is 23.1. The van der Waals surface area contributed by atoms with E-state index >= 15 is 0 Å². The number of hydrogen-bond donors (Lipinski definition) is 2. The maximum atomic E-state index is 13.9. The number of pyridine rings is 1. The average Bonchev–Trinajstić information content (AvgIpc) is 3.23. The van der Waals surface area contributed by atoms with Gasteiger partial charge < -0.3 is 24.7 Å². The number of oxime groups is 1. The number of carbonyl (C=O) groups excluding carboxylic acids is 2. The van der Waals surface area contributed by atoms with Crippen LogP contribution in [0.4, 0.5) is 13.2 Å². The smallest absolute Gasteiger partial charge is 0.272 e. The van der Waals surface area contributed by atoms with Crippen molar-refractivity contribution in [2.24, 2.45) is 5.16 Å². The molecule has 1 fully saturated rings. The van der Waals surface area contributed by atoms with Crippen LogP contribution in [-0.2, 0) is 11.4 Å². The number of fused-ring (bicyclic) bond motifs is 5. The van der Waals surface area contributed by atoms with Gasteiger partial charge in [-0.25, -0.2) is 13.2 Å². The van der Waals surface area contributed by atoms with Crippen LogP contribution < -0.4 is 10.7 Å². The van der Waals surface area contributed by atoms with Crippen LogP contribution in [0.2, 0.25) is 0 Å². The molecule has 1 saturated heterocycles. The molecule has 5 rings (SSSR count). The van der Waals surface area contributed by atoms with E-state index in [9.17, 15) is 32.7 Å². The molecule has 9 nitrogen and oxygen atoms in total. The number of amides is 2. The van der Waals surface area contributed by atoms with Crippen LogP contribution in [0, 0.1) is 17.5 Å². The fourth-order valence-corrected chi connectivity index (χ4v) is 4.94. The fourth-order valence-electron chi connectivity index (χ4n) is 4.94. The maximum absolute atomic E-state index is 13.9. The summed E-state index contributed by atoms with van der Waals surface area (Å²) in [4.78, 5) is 45.8. The van der Waals surface area contributed by atoms with Gasteiger partial charge in [0.2, 0.25) is 0 Å². The van der Waals surface area contributed by atoms with Crippen LogP contribution in [0.5, 0.6) is 0 Å².